The molecule has 1 atom stereocenters. The van der Waals surface area contributed by atoms with Crippen LogP contribution in [-0.2, 0) is 0 Å². The Morgan fingerprint density at radius 3 is 3.04 bits per heavy atom. The van der Waals surface area contributed by atoms with Crippen molar-refractivity contribution < 1.29 is 0 Å². The fourth-order valence-corrected chi connectivity index (χ4v) is 2.99. The van der Waals surface area contributed by atoms with E-state index in [9.17, 15) is 0 Å². The van der Waals surface area contributed by atoms with E-state index in [0.717, 1.165) is 49.5 Å². The van der Waals surface area contributed by atoms with Crippen LogP contribution in [0, 0.1) is 0 Å². The third-order valence-corrected chi connectivity index (χ3v) is 4.24. The SMILES string of the molecule is c1ccc2c(c1)ncn2-c1ccnc(NCCC2CNCCN2)n1. The van der Waals surface area contributed by atoms with Crippen LogP contribution < -0.4 is 16.0 Å². The summed E-state index contributed by atoms with van der Waals surface area (Å²) in [6, 6.07) is 10.4. The predicted molar refractivity (Wildman–Crippen MR) is 94.4 cm³/mol. The zero-order valence-corrected chi connectivity index (χ0v) is 13.4. The molecular formula is C17H21N7. The molecule has 0 radical (unpaired) electrons. The van der Waals surface area contributed by atoms with E-state index in [1.54, 1.807) is 12.5 Å². The summed E-state index contributed by atoms with van der Waals surface area (Å²) in [4.78, 5) is 13.3. The van der Waals surface area contributed by atoms with E-state index in [2.05, 4.69) is 30.9 Å². The number of imidazole rings is 1. The van der Waals surface area contributed by atoms with Crippen LogP contribution in [0.5, 0.6) is 0 Å². The molecule has 24 heavy (non-hydrogen) atoms. The largest absolute Gasteiger partial charge is 0.354 e. The van der Waals surface area contributed by atoms with Gasteiger partial charge < -0.3 is 16.0 Å². The standard InChI is InChI=1S/C17H21N7/c1-2-4-15-14(3-1)22-12-24(15)16-6-8-21-17(23-16)20-7-5-13-11-18-9-10-19-13/h1-4,6,8,12-13,18-19H,5,7,9-11H2,(H,20,21,23). The summed E-state index contributed by atoms with van der Waals surface area (Å²) >= 11 is 0. The predicted octanol–water partition coefficient (Wildman–Crippen LogP) is 1.18. The van der Waals surface area contributed by atoms with Crippen molar-refractivity contribution in [2.75, 3.05) is 31.5 Å². The van der Waals surface area contributed by atoms with Crippen LogP contribution in [0.25, 0.3) is 16.9 Å². The van der Waals surface area contributed by atoms with E-state index < -0.39 is 0 Å². The van der Waals surface area contributed by atoms with E-state index in [4.69, 9.17) is 0 Å². The minimum absolute atomic E-state index is 0.507. The van der Waals surface area contributed by atoms with E-state index in [1.165, 1.54) is 0 Å². The molecule has 1 aliphatic rings. The molecule has 1 fully saturated rings. The molecule has 1 aliphatic heterocycles. The second kappa shape index (κ2) is 6.94. The zero-order chi connectivity index (χ0) is 16.2. The Balaban J connectivity index is 1.45. The maximum absolute atomic E-state index is 4.61. The fourth-order valence-electron chi connectivity index (χ4n) is 2.99. The number of rotatable bonds is 5. The van der Waals surface area contributed by atoms with Crippen LogP contribution in [0.3, 0.4) is 0 Å². The van der Waals surface area contributed by atoms with Crippen LogP contribution in [0.1, 0.15) is 6.42 Å². The van der Waals surface area contributed by atoms with Gasteiger partial charge >= 0.3 is 0 Å². The van der Waals surface area contributed by atoms with Crippen molar-refractivity contribution in [1.29, 1.82) is 0 Å². The summed E-state index contributed by atoms with van der Waals surface area (Å²) in [5.41, 5.74) is 2.00. The van der Waals surface area contributed by atoms with Gasteiger partial charge in [-0.1, -0.05) is 12.1 Å². The Morgan fingerprint density at radius 2 is 2.12 bits per heavy atom. The van der Waals surface area contributed by atoms with Gasteiger partial charge in [-0.25, -0.2) is 9.97 Å². The van der Waals surface area contributed by atoms with Gasteiger partial charge in [-0.2, -0.15) is 4.98 Å². The molecule has 0 spiro atoms. The highest BCUT2D eigenvalue weighted by Gasteiger charge is 2.11. The van der Waals surface area contributed by atoms with Crippen LogP contribution in [-0.4, -0.2) is 51.7 Å². The van der Waals surface area contributed by atoms with Gasteiger partial charge in [0.25, 0.3) is 0 Å². The summed E-state index contributed by atoms with van der Waals surface area (Å²) in [5, 5.41) is 10.2. The molecule has 3 N–H and O–H groups in total. The Kier molecular flexibility index (Phi) is 4.35. The van der Waals surface area contributed by atoms with Crippen LogP contribution in [0.4, 0.5) is 5.95 Å². The lowest BCUT2D eigenvalue weighted by atomic mass is 10.2. The first-order valence-corrected chi connectivity index (χ1v) is 8.33. The molecule has 1 aromatic carbocycles. The molecule has 7 nitrogen and oxygen atoms in total. The van der Waals surface area contributed by atoms with Gasteiger partial charge in [-0.3, -0.25) is 4.57 Å². The van der Waals surface area contributed by atoms with Gasteiger partial charge in [-0.05, 0) is 24.6 Å². The summed E-state index contributed by atoms with van der Waals surface area (Å²) in [5.74, 6) is 1.47. The van der Waals surface area contributed by atoms with Gasteiger partial charge in [0.15, 0.2) is 0 Å². The van der Waals surface area contributed by atoms with Crippen molar-refractivity contribution in [1.82, 2.24) is 30.2 Å². The summed E-state index contributed by atoms with van der Waals surface area (Å²) in [6.45, 7) is 3.94. The topological polar surface area (TPSA) is 79.7 Å². The first-order valence-electron chi connectivity index (χ1n) is 8.33. The highest BCUT2D eigenvalue weighted by atomic mass is 15.2. The average molecular weight is 323 g/mol. The molecule has 0 amide bonds. The Morgan fingerprint density at radius 1 is 1.17 bits per heavy atom. The summed E-state index contributed by atoms with van der Waals surface area (Å²) < 4.78 is 1.98. The first kappa shape index (κ1) is 15.0. The molecule has 1 saturated heterocycles. The van der Waals surface area contributed by atoms with E-state index in [0.29, 0.717) is 12.0 Å². The maximum Gasteiger partial charge on any atom is 0.224 e. The molecule has 0 saturated carbocycles. The minimum Gasteiger partial charge on any atom is -0.354 e. The average Bonchev–Trinajstić information content (AvgIpc) is 3.07. The molecule has 3 aromatic rings. The molecule has 4 rings (SSSR count). The van der Waals surface area contributed by atoms with Gasteiger partial charge in [0.2, 0.25) is 5.95 Å². The third-order valence-electron chi connectivity index (χ3n) is 4.24. The molecule has 3 heterocycles. The number of piperazine rings is 1. The molecule has 2 aromatic heterocycles. The zero-order valence-electron chi connectivity index (χ0n) is 13.4. The number of hydrogen-bond donors (Lipinski definition) is 3. The number of aromatic nitrogens is 4. The number of nitrogens with one attached hydrogen (secondary N) is 3. The molecule has 1 unspecified atom stereocenters. The van der Waals surface area contributed by atoms with Crippen LogP contribution in [0.15, 0.2) is 42.9 Å². The maximum atomic E-state index is 4.61. The highest BCUT2D eigenvalue weighted by Crippen LogP contribution is 2.16. The number of para-hydroxylation sites is 2. The second-order valence-electron chi connectivity index (χ2n) is 5.91. The fraction of sp³-hybridized carbons (Fsp3) is 0.353. The van der Waals surface area contributed by atoms with Crippen molar-refractivity contribution in [2.24, 2.45) is 0 Å². The van der Waals surface area contributed by atoms with Crippen molar-refractivity contribution in [3.8, 4) is 5.82 Å². The third kappa shape index (κ3) is 3.22. The van der Waals surface area contributed by atoms with Gasteiger partial charge in [0.05, 0.1) is 11.0 Å². The number of fused-ring (bicyclic) bond motifs is 1. The minimum atomic E-state index is 0.507. The molecule has 0 aliphatic carbocycles. The normalized spacial score (nSPS) is 17.9. The lowest BCUT2D eigenvalue weighted by Crippen LogP contribution is -2.48. The molecular weight excluding hydrogens is 302 g/mol. The Hall–Kier alpha value is -2.51. The molecule has 124 valence electrons. The summed E-state index contributed by atoms with van der Waals surface area (Å²) in [7, 11) is 0. The molecule has 7 heteroatoms. The van der Waals surface area contributed by atoms with E-state index in [-0.39, 0.29) is 0 Å². The summed E-state index contributed by atoms with van der Waals surface area (Å²) in [6.07, 6.45) is 4.61. The van der Waals surface area contributed by atoms with Crippen molar-refractivity contribution >= 4 is 17.0 Å². The van der Waals surface area contributed by atoms with Gasteiger partial charge in [-0.15, -0.1) is 0 Å². The second-order valence-corrected chi connectivity index (χ2v) is 5.91. The van der Waals surface area contributed by atoms with Crippen molar-refractivity contribution in [3.05, 3.63) is 42.9 Å². The number of hydrogen-bond acceptors (Lipinski definition) is 6. The van der Waals surface area contributed by atoms with Gasteiger partial charge in [0, 0.05) is 38.4 Å². The quantitative estimate of drug-likeness (QED) is 0.654. The number of benzene rings is 1. The van der Waals surface area contributed by atoms with Crippen LogP contribution >= 0.6 is 0 Å². The first-order chi connectivity index (χ1) is 11.9. The highest BCUT2D eigenvalue weighted by molar-refractivity contribution is 5.76. The van der Waals surface area contributed by atoms with Gasteiger partial charge in [0.1, 0.15) is 12.1 Å². The van der Waals surface area contributed by atoms with Crippen LogP contribution in [0.2, 0.25) is 0 Å². The smallest absolute Gasteiger partial charge is 0.224 e. The number of nitrogens with zero attached hydrogens (tertiary/aromatic N) is 4. The van der Waals surface area contributed by atoms with E-state index in [1.807, 2.05) is 34.9 Å². The Bertz CT molecular complexity index is 807. The lowest BCUT2D eigenvalue weighted by Gasteiger charge is -2.24. The van der Waals surface area contributed by atoms with Crippen molar-refractivity contribution in [3.63, 3.8) is 0 Å². The molecule has 0 bridgehead atoms. The lowest BCUT2D eigenvalue weighted by molar-refractivity contribution is 0.405. The Labute approximate surface area is 140 Å². The monoisotopic (exact) mass is 323 g/mol. The van der Waals surface area contributed by atoms with E-state index >= 15 is 0 Å². The number of anilines is 1. The van der Waals surface area contributed by atoms with Crippen molar-refractivity contribution in [2.45, 2.75) is 12.5 Å².